The van der Waals surface area contributed by atoms with Crippen LogP contribution < -0.4 is 10.2 Å². The summed E-state index contributed by atoms with van der Waals surface area (Å²) in [7, 11) is 0. The highest BCUT2D eigenvalue weighted by molar-refractivity contribution is 5.84. The molecule has 2 aromatic heterocycles. The van der Waals surface area contributed by atoms with Crippen LogP contribution in [-0.4, -0.2) is 40.0 Å². The van der Waals surface area contributed by atoms with E-state index in [9.17, 15) is 18.0 Å². The van der Waals surface area contributed by atoms with Crippen LogP contribution in [0, 0.1) is 17.2 Å². The van der Waals surface area contributed by atoms with Crippen molar-refractivity contribution in [2.45, 2.75) is 31.0 Å². The molecule has 0 spiro atoms. The van der Waals surface area contributed by atoms with E-state index in [2.05, 4.69) is 26.3 Å². The maximum atomic E-state index is 12.7. The molecule has 1 aromatic carbocycles. The number of hydrogen-bond acceptors (Lipinski definition) is 5. The number of aromatic nitrogens is 3. The predicted molar refractivity (Wildman–Crippen MR) is 110 cm³/mol. The predicted octanol–water partition coefficient (Wildman–Crippen LogP) is 3.35. The Balaban J connectivity index is 1.18. The van der Waals surface area contributed by atoms with Gasteiger partial charge in [-0.1, -0.05) is 0 Å². The molecule has 1 amide bonds. The minimum atomic E-state index is -4.46. The number of carbonyl (C=O) groups is 1. The third-order valence-electron chi connectivity index (χ3n) is 6.05. The van der Waals surface area contributed by atoms with E-state index in [4.69, 9.17) is 5.26 Å². The minimum absolute atomic E-state index is 0.0181. The van der Waals surface area contributed by atoms with Gasteiger partial charge in [-0.2, -0.15) is 18.4 Å². The third-order valence-corrected chi connectivity index (χ3v) is 6.05. The minimum Gasteiger partial charge on any atom is -0.368 e. The number of nitriles is 1. The fraction of sp³-hybridized carbons (Fsp3) is 0.364. The van der Waals surface area contributed by atoms with Gasteiger partial charge in [-0.3, -0.25) is 4.79 Å². The SMILES string of the molecule is N#Cc1ccc2[nH]c(C3CC3C(=O)NC3CCN(c4ccc(C(F)(F)F)nc4)C3)nc2c1. The van der Waals surface area contributed by atoms with E-state index in [1.54, 1.807) is 12.1 Å². The number of aromatic amines is 1. The normalized spacial score (nSPS) is 22.7. The molecule has 3 atom stereocenters. The molecule has 1 aliphatic heterocycles. The summed E-state index contributed by atoms with van der Waals surface area (Å²) >= 11 is 0. The van der Waals surface area contributed by atoms with E-state index in [1.807, 2.05) is 11.0 Å². The van der Waals surface area contributed by atoms with Gasteiger partial charge in [0.15, 0.2) is 0 Å². The number of nitrogens with zero attached hydrogens (tertiary/aromatic N) is 4. The molecule has 0 radical (unpaired) electrons. The summed E-state index contributed by atoms with van der Waals surface area (Å²) in [6, 6.07) is 9.66. The number of pyridine rings is 1. The molecule has 2 fully saturated rings. The monoisotopic (exact) mass is 440 g/mol. The molecule has 32 heavy (non-hydrogen) atoms. The maximum absolute atomic E-state index is 12.7. The number of halogens is 3. The highest BCUT2D eigenvalue weighted by Crippen LogP contribution is 2.47. The Kier molecular flexibility index (Phi) is 4.77. The van der Waals surface area contributed by atoms with Crippen LogP contribution in [0.1, 0.15) is 35.8 Å². The molecule has 1 aliphatic carbocycles. The summed E-state index contributed by atoms with van der Waals surface area (Å²) in [5.74, 6) is 0.571. The van der Waals surface area contributed by atoms with Crippen LogP contribution in [0.4, 0.5) is 18.9 Å². The zero-order chi connectivity index (χ0) is 22.5. The summed E-state index contributed by atoms with van der Waals surface area (Å²) in [4.78, 5) is 25.9. The van der Waals surface area contributed by atoms with Crippen molar-refractivity contribution in [2.24, 2.45) is 5.92 Å². The molecular weight excluding hydrogens is 421 g/mol. The lowest BCUT2D eigenvalue weighted by Gasteiger charge is -2.19. The number of rotatable bonds is 4. The van der Waals surface area contributed by atoms with E-state index in [0.717, 1.165) is 17.4 Å². The fourth-order valence-corrected chi connectivity index (χ4v) is 4.22. The second kappa shape index (κ2) is 7.51. The summed E-state index contributed by atoms with van der Waals surface area (Å²) in [6.07, 6.45) is -1.82. The number of carbonyl (C=O) groups excluding carboxylic acids is 1. The molecule has 1 saturated carbocycles. The number of alkyl halides is 3. The lowest BCUT2D eigenvalue weighted by molar-refractivity contribution is -0.141. The molecule has 10 heteroatoms. The topological polar surface area (TPSA) is 97.7 Å². The lowest BCUT2D eigenvalue weighted by atomic mass is 10.2. The number of imidazole rings is 1. The molecule has 5 rings (SSSR count). The fourth-order valence-electron chi connectivity index (χ4n) is 4.22. The van der Waals surface area contributed by atoms with Crippen molar-refractivity contribution >= 4 is 22.6 Å². The molecule has 0 bridgehead atoms. The standard InChI is InChI=1S/C22H19F3N6O/c23-22(24,25)19-4-2-14(10-27-19)31-6-5-13(11-31)28-21(32)16-8-15(16)20-29-17-3-1-12(9-26)7-18(17)30-20/h1-4,7,10,13,15-16H,5-6,8,11H2,(H,28,32)(H,29,30). The van der Waals surface area contributed by atoms with Crippen molar-refractivity contribution in [2.75, 3.05) is 18.0 Å². The van der Waals surface area contributed by atoms with Crippen LogP contribution in [0.5, 0.6) is 0 Å². The first kappa shape index (κ1) is 20.3. The second-order valence-electron chi connectivity index (χ2n) is 8.25. The Hall–Kier alpha value is -3.61. The Morgan fingerprint density at radius 2 is 2.12 bits per heavy atom. The van der Waals surface area contributed by atoms with Crippen LogP contribution in [-0.2, 0) is 11.0 Å². The van der Waals surface area contributed by atoms with Gasteiger partial charge < -0.3 is 15.2 Å². The van der Waals surface area contributed by atoms with Crippen LogP contribution in [0.25, 0.3) is 11.0 Å². The quantitative estimate of drug-likeness (QED) is 0.649. The van der Waals surface area contributed by atoms with Crippen molar-refractivity contribution in [3.05, 3.63) is 53.6 Å². The van der Waals surface area contributed by atoms with Gasteiger partial charge in [0.2, 0.25) is 5.91 Å². The van der Waals surface area contributed by atoms with E-state index in [1.165, 1.54) is 12.3 Å². The summed E-state index contributed by atoms with van der Waals surface area (Å²) in [5.41, 5.74) is 1.77. The van der Waals surface area contributed by atoms with Crippen molar-refractivity contribution in [3.63, 3.8) is 0 Å². The third kappa shape index (κ3) is 3.86. The molecule has 7 nitrogen and oxygen atoms in total. The summed E-state index contributed by atoms with van der Waals surface area (Å²) in [5, 5.41) is 12.1. The van der Waals surface area contributed by atoms with Crippen LogP contribution in [0.2, 0.25) is 0 Å². The van der Waals surface area contributed by atoms with Crippen LogP contribution >= 0.6 is 0 Å². The van der Waals surface area contributed by atoms with Gasteiger partial charge >= 0.3 is 6.18 Å². The Labute approximate surface area is 181 Å². The number of benzene rings is 1. The molecule has 2 aliphatic rings. The molecule has 1 saturated heterocycles. The number of amides is 1. The molecule has 3 unspecified atom stereocenters. The summed E-state index contributed by atoms with van der Waals surface area (Å²) < 4.78 is 38.1. The van der Waals surface area contributed by atoms with Gasteiger partial charge in [0.1, 0.15) is 11.5 Å². The number of hydrogen-bond donors (Lipinski definition) is 2. The molecule has 3 aromatic rings. The highest BCUT2D eigenvalue weighted by Gasteiger charge is 2.46. The van der Waals surface area contributed by atoms with Gasteiger partial charge in [-0.25, -0.2) is 9.97 Å². The summed E-state index contributed by atoms with van der Waals surface area (Å²) in [6.45, 7) is 1.16. The average Bonchev–Trinajstić information content (AvgIpc) is 3.25. The van der Waals surface area contributed by atoms with Gasteiger partial charge in [-0.15, -0.1) is 0 Å². The first-order valence-electron chi connectivity index (χ1n) is 10.3. The smallest absolute Gasteiger partial charge is 0.368 e. The first-order valence-corrected chi connectivity index (χ1v) is 10.3. The lowest BCUT2D eigenvalue weighted by Crippen LogP contribution is -2.38. The number of H-pyrrole nitrogens is 1. The van der Waals surface area contributed by atoms with Crippen molar-refractivity contribution in [1.29, 1.82) is 5.26 Å². The van der Waals surface area contributed by atoms with Gasteiger partial charge in [0.05, 0.1) is 34.6 Å². The Morgan fingerprint density at radius 1 is 1.28 bits per heavy atom. The van der Waals surface area contributed by atoms with E-state index in [0.29, 0.717) is 42.7 Å². The van der Waals surface area contributed by atoms with Gasteiger partial charge in [-0.05, 0) is 43.2 Å². The number of anilines is 1. The molecule has 3 heterocycles. The van der Waals surface area contributed by atoms with Crippen molar-refractivity contribution in [3.8, 4) is 6.07 Å². The van der Waals surface area contributed by atoms with Gasteiger partial charge in [0.25, 0.3) is 0 Å². The molecular formula is C22H19F3N6O. The van der Waals surface area contributed by atoms with Crippen LogP contribution in [0.15, 0.2) is 36.5 Å². The largest absolute Gasteiger partial charge is 0.433 e. The van der Waals surface area contributed by atoms with Gasteiger partial charge in [0, 0.05) is 31.0 Å². The second-order valence-corrected chi connectivity index (χ2v) is 8.25. The first-order chi connectivity index (χ1) is 15.3. The molecule has 2 N–H and O–H groups in total. The highest BCUT2D eigenvalue weighted by atomic mass is 19.4. The van der Waals surface area contributed by atoms with Crippen molar-refractivity contribution in [1.82, 2.24) is 20.3 Å². The Morgan fingerprint density at radius 3 is 2.84 bits per heavy atom. The average molecular weight is 440 g/mol. The van der Waals surface area contributed by atoms with Crippen LogP contribution in [0.3, 0.4) is 0 Å². The maximum Gasteiger partial charge on any atom is 0.433 e. The van der Waals surface area contributed by atoms with E-state index >= 15 is 0 Å². The number of fused-ring (bicyclic) bond motifs is 1. The van der Waals surface area contributed by atoms with Crippen molar-refractivity contribution < 1.29 is 18.0 Å². The zero-order valence-corrected chi connectivity index (χ0v) is 16.9. The van der Waals surface area contributed by atoms with E-state index < -0.39 is 11.9 Å². The molecule has 164 valence electrons. The zero-order valence-electron chi connectivity index (χ0n) is 16.9. The number of nitrogens with one attached hydrogen (secondary N) is 2. The van der Waals surface area contributed by atoms with E-state index in [-0.39, 0.29) is 23.8 Å². The Bertz CT molecular complexity index is 1210.